The quantitative estimate of drug-likeness (QED) is 0.545. The summed E-state index contributed by atoms with van der Waals surface area (Å²) < 4.78 is 30.0. The Morgan fingerprint density at radius 3 is 2.66 bits per heavy atom. The van der Waals surface area contributed by atoms with Crippen LogP contribution in [-0.4, -0.2) is 30.4 Å². The minimum atomic E-state index is -3.64. The van der Waals surface area contributed by atoms with Crippen molar-refractivity contribution in [2.45, 2.75) is 63.4 Å². The van der Waals surface area contributed by atoms with Crippen LogP contribution in [-0.2, 0) is 34.2 Å². The van der Waals surface area contributed by atoms with Crippen LogP contribution in [0.1, 0.15) is 56.1 Å². The number of aromatic nitrogens is 2. The fourth-order valence-corrected chi connectivity index (χ4v) is 5.48. The monoisotopic (exact) mass is 454 g/mol. The van der Waals surface area contributed by atoms with Gasteiger partial charge in [0.05, 0.1) is 22.0 Å². The highest BCUT2D eigenvalue weighted by Crippen LogP contribution is 2.24. The number of benzene rings is 2. The van der Waals surface area contributed by atoms with Gasteiger partial charge >= 0.3 is 0 Å². The lowest BCUT2D eigenvalue weighted by Crippen LogP contribution is -2.33. The highest BCUT2D eigenvalue weighted by Gasteiger charge is 2.20. The van der Waals surface area contributed by atoms with E-state index in [4.69, 9.17) is 0 Å². The number of amides is 1. The molecule has 0 fully saturated rings. The van der Waals surface area contributed by atoms with Gasteiger partial charge in [-0.2, -0.15) is 0 Å². The highest BCUT2D eigenvalue weighted by molar-refractivity contribution is 7.89. The van der Waals surface area contributed by atoms with Crippen molar-refractivity contribution in [2.24, 2.45) is 0 Å². The Morgan fingerprint density at radius 2 is 1.88 bits per heavy atom. The van der Waals surface area contributed by atoms with Crippen LogP contribution >= 0.6 is 0 Å². The number of nitrogens with one attached hydrogen (secondary N) is 2. The molecular weight excluding hydrogens is 424 g/mol. The maximum Gasteiger partial charge on any atom is 0.240 e. The fourth-order valence-electron chi connectivity index (χ4n) is 4.39. The minimum absolute atomic E-state index is 0.0438. The molecule has 0 aliphatic heterocycles. The van der Waals surface area contributed by atoms with Crippen molar-refractivity contribution in [3.63, 3.8) is 0 Å². The van der Waals surface area contributed by atoms with Gasteiger partial charge in [0.15, 0.2) is 0 Å². The Labute approximate surface area is 189 Å². The summed E-state index contributed by atoms with van der Waals surface area (Å²) in [5, 5.41) is 2.94. The number of carbonyl (C=O) groups excluding carboxylic acids is 1. The first-order chi connectivity index (χ1) is 15.4. The lowest BCUT2D eigenvalue weighted by Gasteiger charge is -2.17. The van der Waals surface area contributed by atoms with Crippen LogP contribution in [0.3, 0.4) is 0 Å². The molecule has 0 saturated carbocycles. The highest BCUT2D eigenvalue weighted by atomic mass is 32.2. The van der Waals surface area contributed by atoms with Gasteiger partial charge in [0.1, 0.15) is 5.82 Å². The summed E-state index contributed by atoms with van der Waals surface area (Å²) in [5.74, 6) is 0.567. The van der Waals surface area contributed by atoms with E-state index in [1.807, 2.05) is 44.2 Å². The SMILES string of the molecule is CCn1c(C(C)NC(=O)CCNS(=O)(=O)c2ccc3c(c2)CCCC3)nc2ccccc21. The number of hydrogen-bond acceptors (Lipinski definition) is 4. The van der Waals surface area contributed by atoms with Gasteiger partial charge in [-0.05, 0) is 74.9 Å². The minimum Gasteiger partial charge on any atom is -0.346 e. The summed E-state index contributed by atoms with van der Waals surface area (Å²) in [6, 6.07) is 12.9. The van der Waals surface area contributed by atoms with Crippen LogP contribution in [0.15, 0.2) is 47.4 Å². The molecule has 1 atom stereocenters. The lowest BCUT2D eigenvalue weighted by atomic mass is 9.92. The number of aryl methyl sites for hydroxylation is 3. The van der Waals surface area contributed by atoms with E-state index in [-0.39, 0.29) is 29.8 Å². The standard InChI is InChI=1S/C24H30N4O3S/c1-3-28-22-11-7-6-10-21(22)27-24(28)17(2)26-23(29)14-15-25-32(30,31)20-13-12-18-8-4-5-9-19(18)16-20/h6-7,10-13,16-17,25H,3-5,8-9,14-15H2,1-2H3,(H,26,29). The molecule has 8 heteroatoms. The molecule has 0 radical (unpaired) electrons. The Bertz CT molecular complexity index is 1230. The Morgan fingerprint density at radius 1 is 1.12 bits per heavy atom. The molecule has 1 amide bonds. The van der Waals surface area contributed by atoms with Gasteiger partial charge in [-0.1, -0.05) is 18.2 Å². The zero-order valence-electron chi connectivity index (χ0n) is 18.6. The van der Waals surface area contributed by atoms with E-state index in [1.165, 1.54) is 5.56 Å². The van der Waals surface area contributed by atoms with Gasteiger partial charge < -0.3 is 9.88 Å². The van der Waals surface area contributed by atoms with E-state index >= 15 is 0 Å². The second-order valence-electron chi connectivity index (χ2n) is 8.28. The molecule has 1 aliphatic carbocycles. The number of nitrogens with zero attached hydrogens (tertiary/aromatic N) is 2. The van der Waals surface area contributed by atoms with E-state index in [2.05, 4.69) is 19.6 Å². The van der Waals surface area contributed by atoms with Crippen LogP contribution in [0.25, 0.3) is 11.0 Å². The average molecular weight is 455 g/mol. The Balaban J connectivity index is 1.35. The first-order valence-electron chi connectivity index (χ1n) is 11.2. The summed E-state index contributed by atoms with van der Waals surface area (Å²) in [6.45, 7) is 4.73. The normalized spacial score (nSPS) is 14.8. The van der Waals surface area contributed by atoms with Crippen molar-refractivity contribution < 1.29 is 13.2 Å². The maximum absolute atomic E-state index is 12.7. The van der Waals surface area contributed by atoms with Gasteiger partial charge in [0, 0.05) is 19.5 Å². The third-order valence-electron chi connectivity index (χ3n) is 6.04. The molecule has 7 nitrogen and oxygen atoms in total. The van der Waals surface area contributed by atoms with E-state index in [0.29, 0.717) is 0 Å². The third kappa shape index (κ3) is 4.71. The molecule has 170 valence electrons. The smallest absolute Gasteiger partial charge is 0.240 e. The van der Waals surface area contributed by atoms with Crippen LogP contribution in [0.5, 0.6) is 0 Å². The first kappa shape index (κ1) is 22.5. The summed E-state index contributed by atoms with van der Waals surface area (Å²) in [4.78, 5) is 17.4. The number of para-hydroxylation sites is 2. The lowest BCUT2D eigenvalue weighted by molar-refractivity contribution is -0.121. The average Bonchev–Trinajstić information content (AvgIpc) is 3.17. The molecule has 1 aromatic heterocycles. The van der Waals surface area contributed by atoms with Crippen molar-refractivity contribution in [1.29, 1.82) is 0 Å². The summed E-state index contributed by atoms with van der Waals surface area (Å²) >= 11 is 0. The van der Waals surface area contributed by atoms with Crippen molar-refractivity contribution in [3.05, 3.63) is 59.4 Å². The molecule has 1 heterocycles. The molecule has 4 rings (SSSR count). The van der Waals surface area contributed by atoms with Crippen LogP contribution in [0.4, 0.5) is 0 Å². The molecule has 0 bridgehead atoms. The molecule has 1 aliphatic rings. The van der Waals surface area contributed by atoms with Crippen molar-refractivity contribution in [1.82, 2.24) is 19.6 Å². The van der Waals surface area contributed by atoms with Gasteiger partial charge in [0.2, 0.25) is 15.9 Å². The first-order valence-corrected chi connectivity index (χ1v) is 12.7. The van der Waals surface area contributed by atoms with E-state index in [1.54, 1.807) is 12.1 Å². The van der Waals surface area contributed by atoms with E-state index < -0.39 is 10.0 Å². The molecule has 0 spiro atoms. The van der Waals surface area contributed by atoms with E-state index in [9.17, 15) is 13.2 Å². The number of rotatable bonds is 8. The number of hydrogen-bond donors (Lipinski definition) is 2. The molecule has 32 heavy (non-hydrogen) atoms. The Hall–Kier alpha value is -2.71. The molecular formula is C24H30N4O3S. The third-order valence-corrected chi connectivity index (χ3v) is 7.50. The number of imidazole rings is 1. The van der Waals surface area contributed by atoms with Gasteiger partial charge in [-0.3, -0.25) is 4.79 Å². The van der Waals surface area contributed by atoms with Crippen LogP contribution in [0.2, 0.25) is 0 Å². The van der Waals surface area contributed by atoms with Gasteiger partial charge in [-0.15, -0.1) is 0 Å². The van der Waals surface area contributed by atoms with Crippen LogP contribution < -0.4 is 10.0 Å². The topological polar surface area (TPSA) is 93.1 Å². The molecule has 3 aromatic rings. The van der Waals surface area contributed by atoms with Crippen molar-refractivity contribution >= 4 is 27.0 Å². The van der Waals surface area contributed by atoms with E-state index in [0.717, 1.165) is 54.6 Å². The van der Waals surface area contributed by atoms with Crippen LogP contribution in [0, 0.1) is 0 Å². The molecule has 2 aromatic carbocycles. The molecule has 1 unspecified atom stereocenters. The summed E-state index contributed by atoms with van der Waals surface area (Å²) in [6.07, 6.45) is 4.23. The summed E-state index contributed by atoms with van der Waals surface area (Å²) in [7, 11) is -3.64. The largest absolute Gasteiger partial charge is 0.346 e. The molecule has 2 N–H and O–H groups in total. The van der Waals surface area contributed by atoms with Crippen molar-refractivity contribution in [3.8, 4) is 0 Å². The second kappa shape index (κ2) is 9.42. The Kier molecular flexibility index (Phi) is 6.62. The predicted molar refractivity (Wildman–Crippen MR) is 125 cm³/mol. The number of carbonyl (C=O) groups is 1. The summed E-state index contributed by atoms with van der Waals surface area (Å²) in [5.41, 5.74) is 4.28. The second-order valence-corrected chi connectivity index (χ2v) is 10.0. The van der Waals surface area contributed by atoms with Gasteiger partial charge in [-0.25, -0.2) is 18.1 Å². The molecule has 0 saturated heterocycles. The maximum atomic E-state index is 12.7. The fraction of sp³-hybridized carbons (Fsp3) is 0.417. The van der Waals surface area contributed by atoms with Gasteiger partial charge in [0.25, 0.3) is 0 Å². The zero-order valence-corrected chi connectivity index (χ0v) is 19.4. The number of sulfonamides is 1. The predicted octanol–water partition coefficient (Wildman–Crippen LogP) is 3.48. The van der Waals surface area contributed by atoms with Crippen molar-refractivity contribution in [2.75, 3.05) is 6.54 Å². The number of fused-ring (bicyclic) bond motifs is 2. The zero-order chi connectivity index (χ0) is 22.7.